The SMILES string of the molecule is CCNC(=NCC(C)(C)c1ccccc1)NC1CC2CCC1O2. The summed E-state index contributed by atoms with van der Waals surface area (Å²) in [6, 6.07) is 11.0. The fraction of sp³-hybridized carbons (Fsp3) is 0.632. The van der Waals surface area contributed by atoms with Gasteiger partial charge in [0.15, 0.2) is 5.96 Å². The van der Waals surface area contributed by atoms with Crippen LogP contribution < -0.4 is 10.6 Å². The summed E-state index contributed by atoms with van der Waals surface area (Å²) in [6.45, 7) is 8.23. The summed E-state index contributed by atoms with van der Waals surface area (Å²) in [7, 11) is 0. The highest BCUT2D eigenvalue weighted by molar-refractivity contribution is 5.80. The number of nitrogens with one attached hydrogen (secondary N) is 2. The van der Waals surface area contributed by atoms with Gasteiger partial charge in [0.05, 0.1) is 24.8 Å². The summed E-state index contributed by atoms with van der Waals surface area (Å²) < 4.78 is 5.93. The van der Waals surface area contributed by atoms with Crippen LogP contribution in [0.4, 0.5) is 0 Å². The largest absolute Gasteiger partial charge is 0.373 e. The van der Waals surface area contributed by atoms with Gasteiger partial charge in [-0.2, -0.15) is 0 Å². The third-order valence-corrected chi connectivity index (χ3v) is 4.96. The van der Waals surface area contributed by atoms with Crippen LogP contribution in [-0.4, -0.2) is 37.3 Å². The number of benzene rings is 1. The van der Waals surface area contributed by atoms with Gasteiger partial charge in [0.1, 0.15) is 0 Å². The highest BCUT2D eigenvalue weighted by Gasteiger charge is 2.41. The second-order valence-electron chi connectivity index (χ2n) is 7.31. The Morgan fingerprint density at radius 1 is 1.26 bits per heavy atom. The second kappa shape index (κ2) is 6.91. The zero-order valence-electron chi connectivity index (χ0n) is 14.5. The minimum Gasteiger partial charge on any atom is -0.373 e. The van der Waals surface area contributed by atoms with Gasteiger partial charge in [0, 0.05) is 12.0 Å². The Balaban J connectivity index is 1.64. The maximum Gasteiger partial charge on any atom is 0.191 e. The Hall–Kier alpha value is -1.55. The Labute approximate surface area is 139 Å². The van der Waals surface area contributed by atoms with Gasteiger partial charge >= 0.3 is 0 Å². The topological polar surface area (TPSA) is 45.7 Å². The first kappa shape index (κ1) is 16.3. The summed E-state index contributed by atoms with van der Waals surface area (Å²) in [4.78, 5) is 4.85. The van der Waals surface area contributed by atoms with E-state index in [-0.39, 0.29) is 5.41 Å². The zero-order chi connectivity index (χ0) is 16.3. The molecule has 0 aliphatic carbocycles. The highest BCUT2D eigenvalue weighted by atomic mass is 16.5. The summed E-state index contributed by atoms with van der Waals surface area (Å²) >= 11 is 0. The van der Waals surface area contributed by atoms with Crippen molar-refractivity contribution in [1.29, 1.82) is 0 Å². The normalized spacial score (nSPS) is 27.3. The lowest BCUT2D eigenvalue weighted by Crippen LogP contribution is -2.47. The van der Waals surface area contributed by atoms with Crippen molar-refractivity contribution in [3.8, 4) is 0 Å². The summed E-state index contributed by atoms with van der Waals surface area (Å²) in [5.41, 5.74) is 1.34. The summed E-state index contributed by atoms with van der Waals surface area (Å²) in [5.74, 6) is 0.914. The third kappa shape index (κ3) is 3.86. The fourth-order valence-corrected chi connectivity index (χ4v) is 3.54. The van der Waals surface area contributed by atoms with Gasteiger partial charge in [-0.15, -0.1) is 0 Å². The molecule has 2 bridgehead atoms. The van der Waals surface area contributed by atoms with E-state index < -0.39 is 0 Å². The van der Waals surface area contributed by atoms with Crippen LogP contribution in [0, 0.1) is 0 Å². The molecule has 0 aromatic heterocycles. The van der Waals surface area contributed by atoms with Crippen LogP contribution in [0.5, 0.6) is 0 Å². The van der Waals surface area contributed by atoms with Gasteiger partial charge in [0.25, 0.3) is 0 Å². The molecular weight excluding hydrogens is 286 g/mol. The van der Waals surface area contributed by atoms with Gasteiger partial charge in [-0.3, -0.25) is 4.99 Å². The molecule has 2 N–H and O–H groups in total. The quantitative estimate of drug-likeness (QED) is 0.649. The van der Waals surface area contributed by atoms with Crippen LogP contribution in [0.15, 0.2) is 35.3 Å². The van der Waals surface area contributed by atoms with Crippen molar-refractivity contribution in [3.63, 3.8) is 0 Å². The first-order valence-electron chi connectivity index (χ1n) is 8.84. The van der Waals surface area contributed by atoms with E-state index in [1.165, 1.54) is 18.4 Å². The molecule has 2 aliphatic rings. The number of aliphatic imine (C=N–C) groups is 1. The minimum atomic E-state index is 0.0226. The second-order valence-corrected chi connectivity index (χ2v) is 7.31. The molecule has 2 saturated heterocycles. The molecule has 0 radical (unpaired) electrons. The van der Waals surface area contributed by atoms with Gasteiger partial charge < -0.3 is 15.4 Å². The van der Waals surface area contributed by atoms with Crippen molar-refractivity contribution in [2.24, 2.45) is 4.99 Å². The standard InChI is InChI=1S/C19H29N3O/c1-4-20-18(22-16-12-15-10-11-17(16)23-15)21-13-19(2,3)14-8-6-5-7-9-14/h5-9,15-17H,4,10-13H2,1-3H3,(H2,20,21,22). The lowest BCUT2D eigenvalue weighted by atomic mass is 9.85. The molecule has 0 amide bonds. The highest BCUT2D eigenvalue weighted by Crippen LogP contribution is 2.34. The average Bonchev–Trinajstić information content (AvgIpc) is 3.17. The van der Waals surface area contributed by atoms with E-state index in [1.807, 2.05) is 0 Å². The Morgan fingerprint density at radius 2 is 2.04 bits per heavy atom. The fourth-order valence-electron chi connectivity index (χ4n) is 3.54. The van der Waals surface area contributed by atoms with Crippen molar-refractivity contribution in [2.45, 2.75) is 63.7 Å². The number of nitrogens with zero attached hydrogens (tertiary/aromatic N) is 1. The number of fused-ring (bicyclic) bond motifs is 2. The Morgan fingerprint density at radius 3 is 2.65 bits per heavy atom. The Kier molecular flexibility index (Phi) is 4.90. The molecule has 0 saturated carbocycles. The lowest BCUT2D eigenvalue weighted by Gasteiger charge is -2.26. The van der Waals surface area contributed by atoms with Gasteiger partial charge in [-0.05, 0) is 31.7 Å². The van der Waals surface area contributed by atoms with Crippen LogP contribution >= 0.6 is 0 Å². The van der Waals surface area contributed by atoms with Gasteiger partial charge in [-0.25, -0.2) is 0 Å². The molecule has 4 heteroatoms. The van der Waals surface area contributed by atoms with Crippen molar-refractivity contribution in [2.75, 3.05) is 13.1 Å². The zero-order valence-corrected chi connectivity index (χ0v) is 14.5. The smallest absolute Gasteiger partial charge is 0.191 e. The monoisotopic (exact) mass is 315 g/mol. The van der Waals surface area contributed by atoms with E-state index in [9.17, 15) is 0 Å². The first-order chi connectivity index (χ1) is 11.1. The van der Waals surface area contributed by atoms with Crippen LogP contribution in [0.25, 0.3) is 0 Å². The lowest BCUT2D eigenvalue weighted by molar-refractivity contribution is 0.0992. The van der Waals surface area contributed by atoms with Crippen LogP contribution in [0.1, 0.15) is 45.6 Å². The number of guanidine groups is 1. The molecule has 2 heterocycles. The molecule has 1 aromatic carbocycles. The molecule has 3 atom stereocenters. The molecule has 23 heavy (non-hydrogen) atoms. The molecule has 1 aromatic rings. The van der Waals surface area contributed by atoms with Crippen molar-refractivity contribution in [1.82, 2.24) is 10.6 Å². The average molecular weight is 315 g/mol. The minimum absolute atomic E-state index is 0.0226. The maximum absolute atomic E-state index is 5.93. The first-order valence-corrected chi connectivity index (χ1v) is 8.84. The van der Waals surface area contributed by atoms with E-state index in [4.69, 9.17) is 9.73 Å². The van der Waals surface area contributed by atoms with Crippen LogP contribution in [-0.2, 0) is 10.2 Å². The molecule has 4 nitrogen and oxygen atoms in total. The number of rotatable bonds is 5. The maximum atomic E-state index is 5.93. The predicted octanol–water partition coefficient (Wildman–Crippen LogP) is 2.84. The van der Waals surface area contributed by atoms with E-state index >= 15 is 0 Å². The number of hydrogen-bond acceptors (Lipinski definition) is 2. The molecular formula is C19H29N3O. The van der Waals surface area contributed by atoms with Gasteiger partial charge in [-0.1, -0.05) is 44.2 Å². The van der Waals surface area contributed by atoms with Crippen molar-refractivity contribution >= 4 is 5.96 Å². The van der Waals surface area contributed by atoms with Gasteiger partial charge in [0.2, 0.25) is 0 Å². The molecule has 3 rings (SSSR count). The summed E-state index contributed by atoms with van der Waals surface area (Å²) in [5, 5.41) is 6.96. The summed E-state index contributed by atoms with van der Waals surface area (Å²) in [6.07, 6.45) is 4.33. The molecule has 0 spiro atoms. The molecule has 126 valence electrons. The van der Waals surface area contributed by atoms with Crippen molar-refractivity contribution < 1.29 is 4.74 Å². The van der Waals surface area contributed by atoms with E-state index in [2.05, 4.69) is 61.7 Å². The molecule has 2 fully saturated rings. The number of hydrogen-bond donors (Lipinski definition) is 2. The Bertz CT molecular complexity index is 541. The molecule has 2 aliphatic heterocycles. The molecule has 3 unspecified atom stereocenters. The number of ether oxygens (including phenoxy) is 1. The van der Waals surface area contributed by atoms with E-state index in [0.717, 1.165) is 25.5 Å². The van der Waals surface area contributed by atoms with Crippen molar-refractivity contribution in [3.05, 3.63) is 35.9 Å². The predicted molar refractivity (Wildman–Crippen MR) is 94.9 cm³/mol. The third-order valence-electron chi connectivity index (χ3n) is 4.96. The van der Waals surface area contributed by atoms with Crippen LogP contribution in [0.3, 0.4) is 0 Å². The van der Waals surface area contributed by atoms with E-state index in [1.54, 1.807) is 0 Å². The van der Waals surface area contributed by atoms with Crippen LogP contribution in [0.2, 0.25) is 0 Å². The van der Waals surface area contributed by atoms with E-state index in [0.29, 0.717) is 18.2 Å².